The first-order valence-corrected chi connectivity index (χ1v) is 6.65. The van der Waals surface area contributed by atoms with E-state index in [0.29, 0.717) is 6.61 Å². The Morgan fingerprint density at radius 3 is 2.70 bits per heavy atom. The van der Waals surface area contributed by atoms with Crippen LogP contribution in [0.4, 0.5) is 0 Å². The zero-order valence-corrected chi connectivity index (χ0v) is 11.8. The van der Waals surface area contributed by atoms with E-state index in [1.54, 1.807) is 6.92 Å². The Morgan fingerprint density at radius 2 is 2.15 bits per heavy atom. The van der Waals surface area contributed by atoms with Crippen LogP contribution in [-0.4, -0.2) is 17.7 Å². The molecule has 0 unspecified atom stereocenters. The van der Waals surface area contributed by atoms with Crippen molar-refractivity contribution in [2.75, 3.05) is 6.61 Å². The van der Waals surface area contributed by atoms with Crippen LogP contribution in [0.5, 0.6) is 5.75 Å². The summed E-state index contributed by atoms with van der Waals surface area (Å²) in [6.45, 7) is 6.03. The molecule has 1 aromatic carbocycles. The summed E-state index contributed by atoms with van der Waals surface area (Å²) in [4.78, 5) is 10.8. The van der Waals surface area contributed by atoms with Crippen molar-refractivity contribution >= 4 is 5.97 Å². The lowest BCUT2D eigenvalue weighted by atomic mass is 9.96. The fourth-order valence-electron chi connectivity index (χ4n) is 1.82. The van der Waals surface area contributed by atoms with Crippen LogP contribution in [0.2, 0.25) is 0 Å². The highest BCUT2D eigenvalue weighted by Crippen LogP contribution is 2.22. The summed E-state index contributed by atoms with van der Waals surface area (Å²) in [5.41, 5.74) is 0.903. The Kier molecular flexibility index (Phi) is 6.99. The Bertz CT molecular complexity index is 491. The van der Waals surface area contributed by atoms with Gasteiger partial charge in [-0.1, -0.05) is 24.1 Å². The van der Waals surface area contributed by atoms with E-state index in [9.17, 15) is 4.79 Å². The zero-order valence-electron chi connectivity index (χ0n) is 11.8. The molecule has 0 saturated heterocycles. The molecule has 3 nitrogen and oxygen atoms in total. The minimum absolute atomic E-state index is 0.0143. The number of rotatable bonds is 8. The molecule has 1 rings (SSSR count). The zero-order chi connectivity index (χ0) is 14.8. The topological polar surface area (TPSA) is 46.5 Å². The molecule has 0 aromatic heterocycles. The highest BCUT2D eigenvalue weighted by atomic mass is 16.5. The van der Waals surface area contributed by atoms with Crippen LogP contribution in [0.25, 0.3) is 0 Å². The average Bonchev–Trinajstić information content (AvgIpc) is 2.43. The minimum atomic E-state index is -0.845. The van der Waals surface area contributed by atoms with Gasteiger partial charge in [-0.05, 0) is 37.5 Å². The lowest BCUT2D eigenvalue weighted by Gasteiger charge is -2.10. The van der Waals surface area contributed by atoms with Gasteiger partial charge in [0.1, 0.15) is 5.75 Å². The summed E-state index contributed by atoms with van der Waals surface area (Å²) in [5, 5.41) is 8.89. The summed E-state index contributed by atoms with van der Waals surface area (Å²) < 4.78 is 5.58. The Balaban J connectivity index is 2.64. The number of carbonyl (C=O) groups is 1. The van der Waals surface area contributed by atoms with Gasteiger partial charge in [0.25, 0.3) is 0 Å². The quantitative estimate of drug-likeness (QED) is 0.446. The molecule has 20 heavy (non-hydrogen) atoms. The molecular formula is C17H20O3. The van der Waals surface area contributed by atoms with Gasteiger partial charge in [0, 0.05) is 0 Å². The van der Waals surface area contributed by atoms with Gasteiger partial charge in [-0.25, -0.2) is 0 Å². The predicted molar refractivity (Wildman–Crippen MR) is 79.8 cm³/mol. The van der Waals surface area contributed by atoms with E-state index in [1.807, 2.05) is 30.3 Å². The standard InChI is InChI=1S/C17H20O3/c1-3-5-6-12-20-16-10-8-14(9-11-16)15(7-4-2)13-17(18)19/h3,8-11,15H,1,5-6,12-13H2,2H3,(H,18,19)/t15-/m1/s1. The van der Waals surface area contributed by atoms with Crippen molar-refractivity contribution in [2.24, 2.45) is 0 Å². The highest BCUT2D eigenvalue weighted by Gasteiger charge is 2.12. The van der Waals surface area contributed by atoms with E-state index >= 15 is 0 Å². The molecule has 0 spiro atoms. The molecular weight excluding hydrogens is 252 g/mol. The second-order valence-corrected chi connectivity index (χ2v) is 4.39. The van der Waals surface area contributed by atoms with Crippen LogP contribution in [-0.2, 0) is 4.79 Å². The summed E-state index contributed by atoms with van der Waals surface area (Å²) in [7, 11) is 0. The lowest BCUT2D eigenvalue weighted by molar-refractivity contribution is -0.137. The predicted octanol–water partition coefficient (Wildman–Crippen LogP) is 3.61. The number of allylic oxidation sites excluding steroid dienone is 1. The maximum absolute atomic E-state index is 10.8. The first-order valence-electron chi connectivity index (χ1n) is 6.65. The van der Waals surface area contributed by atoms with Crippen molar-refractivity contribution in [3.05, 3.63) is 42.5 Å². The third kappa shape index (κ3) is 5.62. The summed E-state index contributed by atoms with van der Waals surface area (Å²) in [6.07, 6.45) is 3.76. The van der Waals surface area contributed by atoms with Crippen LogP contribution in [0.15, 0.2) is 36.9 Å². The Hall–Kier alpha value is -2.21. The number of carboxylic acids is 1. The van der Waals surface area contributed by atoms with Gasteiger partial charge in [0.05, 0.1) is 18.9 Å². The van der Waals surface area contributed by atoms with Crippen LogP contribution in [0, 0.1) is 11.8 Å². The molecule has 0 saturated carbocycles. The van der Waals surface area contributed by atoms with Crippen LogP contribution in [0.1, 0.15) is 37.7 Å². The second kappa shape index (κ2) is 8.82. The van der Waals surface area contributed by atoms with Crippen molar-refractivity contribution < 1.29 is 14.6 Å². The largest absolute Gasteiger partial charge is 0.494 e. The van der Waals surface area contributed by atoms with Crippen molar-refractivity contribution in [1.29, 1.82) is 0 Å². The van der Waals surface area contributed by atoms with Gasteiger partial charge in [0.2, 0.25) is 0 Å². The molecule has 0 radical (unpaired) electrons. The van der Waals surface area contributed by atoms with E-state index in [-0.39, 0.29) is 12.3 Å². The molecule has 0 aliphatic carbocycles. The Labute approximate surface area is 120 Å². The maximum atomic E-state index is 10.8. The fourth-order valence-corrected chi connectivity index (χ4v) is 1.82. The molecule has 0 amide bonds. The normalized spacial score (nSPS) is 11.1. The van der Waals surface area contributed by atoms with Crippen molar-refractivity contribution in [3.8, 4) is 17.6 Å². The number of unbranched alkanes of at least 4 members (excludes halogenated alkanes) is 1. The summed E-state index contributed by atoms with van der Waals surface area (Å²) in [5.74, 6) is 5.38. The molecule has 1 aromatic rings. The fraction of sp³-hybridized carbons (Fsp3) is 0.353. The highest BCUT2D eigenvalue weighted by molar-refractivity contribution is 5.69. The molecule has 0 fully saturated rings. The van der Waals surface area contributed by atoms with E-state index < -0.39 is 5.97 Å². The summed E-state index contributed by atoms with van der Waals surface area (Å²) in [6, 6.07) is 7.46. The Morgan fingerprint density at radius 1 is 1.45 bits per heavy atom. The number of ether oxygens (including phenoxy) is 1. The molecule has 0 aliphatic heterocycles. The van der Waals surface area contributed by atoms with Crippen molar-refractivity contribution in [1.82, 2.24) is 0 Å². The molecule has 106 valence electrons. The lowest BCUT2D eigenvalue weighted by Crippen LogP contribution is -2.04. The van der Waals surface area contributed by atoms with E-state index in [0.717, 1.165) is 24.2 Å². The minimum Gasteiger partial charge on any atom is -0.494 e. The summed E-state index contributed by atoms with van der Waals surface area (Å²) >= 11 is 0. The first-order chi connectivity index (χ1) is 9.67. The van der Waals surface area contributed by atoms with Gasteiger partial charge in [-0.3, -0.25) is 4.79 Å². The molecule has 0 heterocycles. The number of hydrogen-bond acceptors (Lipinski definition) is 2. The molecule has 1 atom stereocenters. The van der Waals surface area contributed by atoms with Gasteiger partial charge in [-0.15, -0.1) is 12.5 Å². The van der Waals surface area contributed by atoms with Gasteiger partial charge < -0.3 is 9.84 Å². The average molecular weight is 272 g/mol. The molecule has 0 aliphatic rings. The smallest absolute Gasteiger partial charge is 0.304 e. The molecule has 0 bridgehead atoms. The van der Waals surface area contributed by atoms with Gasteiger partial charge >= 0.3 is 5.97 Å². The van der Waals surface area contributed by atoms with Crippen LogP contribution >= 0.6 is 0 Å². The number of benzene rings is 1. The first kappa shape index (κ1) is 15.8. The van der Waals surface area contributed by atoms with Gasteiger partial charge in [-0.2, -0.15) is 0 Å². The maximum Gasteiger partial charge on any atom is 0.304 e. The second-order valence-electron chi connectivity index (χ2n) is 4.39. The number of aliphatic carboxylic acids is 1. The number of hydrogen-bond donors (Lipinski definition) is 1. The molecule has 1 N–H and O–H groups in total. The van der Waals surface area contributed by atoms with Crippen molar-refractivity contribution in [2.45, 2.75) is 32.1 Å². The third-order valence-electron chi connectivity index (χ3n) is 2.80. The molecule has 3 heteroatoms. The van der Waals surface area contributed by atoms with E-state index in [1.165, 1.54) is 0 Å². The monoisotopic (exact) mass is 272 g/mol. The SMILES string of the molecule is C=CCCCOc1ccc([C@H](C#CC)CC(=O)O)cc1. The third-order valence-corrected chi connectivity index (χ3v) is 2.80. The van der Waals surface area contributed by atoms with Crippen LogP contribution in [0.3, 0.4) is 0 Å². The number of carboxylic acid groups (broad SMARTS) is 1. The van der Waals surface area contributed by atoms with E-state index in [4.69, 9.17) is 9.84 Å². The van der Waals surface area contributed by atoms with Crippen LogP contribution < -0.4 is 4.74 Å². The van der Waals surface area contributed by atoms with Gasteiger partial charge in [0.15, 0.2) is 0 Å². The van der Waals surface area contributed by atoms with E-state index in [2.05, 4.69) is 18.4 Å². The van der Waals surface area contributed by atoms with Crippen molar-refractivity contribution in [3.63, 3.8) is 0 Å².